The Balaban J connectivity index is 0.980. The van der Waals surface area contributed by atoms with E-state index in [2.05, 4.69) is 17.2 Å². The first-order valence-electron chi connectivity index (χ1n) is 20.6. The molecule has 326 valence electrons. The van der Waals surface area contributed by atoms with Crippen molar-refractivity contribution >= 4 is 35.3 Å². The van der Waals surface area contributed by atoms with Crippen LogP contribution in [0.1, 0.15) is 50.7 Å². The van der Waals surface area contributed by atoms with Crippen molar-refractivity contribution in [2.75, 3.05) is 71.8 Å². The van der Waals surface area contributed by atoms with Crippen LogP contribution in [0, 0.1) is 18.8 Å². The van der Waals surface area contributed by atoms with Gasteiger partial charge in [0.2, 0.25) is 11.8 Å². The molecule has 0 spiro atoms. The number of aromatic nitrogens is 4. The molecule has 62 heavy (non-hydrogen) atoms. The third-order valence-corrected chi connectivity index (χ3v) is 12.6. The summed E-state index contributed by atoms with van der Waals surface area (Å²) in [4.78, 5) is 55.5. The third kappa shape index (κ3) is 7.32. The van der Waals surface area contributed by atoms with Crippen molar-refractivity contribution in [1.29, 1.82) is 0 Å². The average Bonchev–Trinajstić information content (AvgIpc) is 3.87. The van der Waals surface area contributed by atoms with Gasteiger partial charge in [-0.05, 0) is 62.6 Å². The molecular weight excluding hydrogens is 797 g/mol. The Morgan fingerprint density at radius 2 is 1.34 bits per heavy atom. The largest absolute Gasteiger partial charge is 0.496 e. The van der Waals surface area contributed by atoms with Gasteiger partial charge in [0.05, 0.1) is 34.5 Å². The van der Waals surface area contributed by atoms with Crippen LogP contribution in [-0.4, -0.2) is 120 Å². The van der Waals surface area contributed by atoms with E-state index in [0.717, 1.165) is 5.56 Å². The molecule has 18 heteroatoms. The number of primary amides is 2. The molecule has 4 aliphatic rings. The predicted octanol–water partition coefficient (Wildman–Crippen LogP) is 3.40. The second-order valence-electron chi connectivity index (χ2n) is 16.0. The first kappa shape index (κ1) is 41.7. The van der Waals surface area contributed by atoms with E-state index in [1.165, 1.54) is 6.08 Å². The molecule has 6 N–H and O–H groups in total. The van der Waals surface area contributed by atoms with E-state index >= 15 is 0 Å². The van der Waals surface area contributed by atoms with Crippen LogP contribution in [-0.2, 0) is 22.6 Å². The average molecular weight is 849 g/mol. The minimum atomic E-state index is -0.627. The van der Waals surface area contributed by atoms with E-state index in [0.29, 0.717) is 127 Å². The number of piperidine rings is 2. The third-order valence-electron chi connectivity index (χ3n) is 12.6. The molecule has 0 aliphatic carbocycles. The summed E-state index contributed by atoms with van der Waals surface area (Å²) in [6.45, 7) is 8.62. The highest BCUT2D eigenvalue weighted by Crippen LogP contribution is 2.43. The van der Waals surface area contributed by atoms with Crippen LogP contribution in [0.5, 0.6) is 23.0 Å². The van der Waals surface area contributed by atoms with Crippen LogP contribution in [0.15, 0.2) is 49.1 Å². The lowest BCUT2D eigenvalue weighted by Crippen LogP contribution is -2.52. The Bertz CT molecular complexity index is 2460. The van der Waals surface area contributed by atoms with Gasteiger partial charge in [-0.25, -0.2) is 9.36 Å². The van der Waals surface area contributed by atoms with Crippen molar-refractivity contribution in [2.45, 2.75) is 44.8 Å². The van der Waals surface area contributed by atoms with E-state index in [1.54, 1.807) is 62.3 Å². The Morgan fingerprint density at radius 1 is 0.774 bits per heavy atom. The number of nitrogens with one attached hydrogen (secondary N) is 2. The predicted molar refractivity (Wildman–Crippen MR) is 231 cm³/mol. The Labute approximate surface area is 358 Å². The van der Waals surface area contributed by atoms with Crippen LogP contribution >= 0.6 is 0 Å². The molecule has 2 fully saturated rings. The molecule has 4 unspecified atom stereocenters. The standard InChI is InChI=1S/C44H52N10O8/c1-7-35(55)51-13-11-29-27(21-51)22-53-44(48-29)38(42(46)58)39(49-53)25-17-33(61-5)28(34(18-25)62-6)9-8-10-36(56)52-14-12-30-26(20-52)19-47-43-37(41(45)57)40(50-54(30)43)24-15-31(59-3)23(2)32(16-24)60-4/h7-8,10,15-18,26-27,29-30,47-48H,1,9,11-14,19-22H2,2-6H3,(H2,45,57)(H2,46,58)/b10-8+. The fourth-order valence-electron chi connectivity index (χ4n) is 9.49. The van der Waals surface area contributed by atoms with E-state index < -0.39 is 11.8 Å². The zero-order chi connectivity index (χ0) is 44.0. The van der Waals surface area contributed by atoms with Crippen molar-refractivity contribution in [3.8, 4) is 45.5 Å². The maximum absolute atomic E-state index is 13.7. The first-order chi connectivity index (χ1) is 29.9. The molecule has 0 saturated carbocycles. The number of hydrogen-bond donors (Lipinski definition) is 4. The summed E-state index contributed by atoms with van der Waals surface area (Å²) >= 11 is 0. The minimum Gasteiger partial charge on any atom is -0.496 e. The molecule has 8 rings (SSSR count). The minimum absolute atomic E-state index is 0.0197. The summed E-state index contributed by atoms with van der Waals surface area (Å²) in [5.74, 6) is 1.89. The summed E-state index contributed by atoms with van der Waals surface area (Å²) in [6.07, 6.45) is 6.32. The number of benzene rings is 2. The van der Waals surface area contributed by atoms with Crippen molar-refractivity contribution in [2.24, 2.45) is 23.3 Å². The van der Waals surface area contributed by atoms with Gasteiger partial charge in [0.25, 0.3) is 11.8 Å². The number of ether oxygens (including phenoxy) is 4. The second kappa shape index (κ2) is 16.8. The van der Waals surface area contributed by atoms with Crippen LogP contribution in [0.2, 0.25) is 0 Å². The van der Waals surface area contributed by atoms with E-state index in [4.69, 9.17) is 40.6 Å². The van der Waals surface area contributed by atoms with Crippen LogP contribution in [0.25, 0.3) is 22.5 Å². The quantitative estimate of drug-likeness (QED) is 0.151. The van der Waals surface area contributed by atoms with Gasteiger partial charge >= 0.3 is 0 Å². The molecule has 4 atom stereocenters. The van der Waals surface area contributed by atoms with Crippen LogP contribution in [0.4, 0.5) is 11.6 Å². The summed E-state index contributed by atoms with van der Waals surface area (Å²) < 4.78 is 26.4. The number of carbonyl (C=O) groups is 4. The summed E-state index contributed by atoms with van der Waals surface area (Å²) in [7, 11) is 6.24. The number of anilines is 2. The Hall–Kier alpha value is -6.98. The highest BCUT2D eigenvalue weighted by atomic mass is 16.5. The van der Waals surface area contributed by atoms with E-state index in [1.807, 2.05) is 28.6 Å². The van der Waals surface area contributed by atoms with Gasteiger partial charge in [-0.1, -0.05) is 12.7 Å². The number of allylic oxidation sites excluding steroid dienone is 1. The SMILES string of the molecule is C=CC(=O)N1CCC2Nc3c(C(N)=O)c(-c4cc(OC)c(C/C=C/C(=O)N5CCC6C(CNc7c(C(N)=O)c(-c8cc(OC)c(C)c(OC)c8)nn76)C5)c(OC)c4)nn3CC2C1. The summed E-state index contributed by atoms with van der Waals surface area (Å²) in [5, 5.41) is 16.6. The molecule has 18 nitrogen and oxygen atoms in total. The summed E-state index contributed by atoms with van der Waals surface area (Å²) in [6, 6.07) is 7.19. The Morgan fingerprint density at radius 3 is 1.95 bits per heavy atom. The van der Waals surface area contributed by atoms with Crippen molar-refractivity contribution in [1.82, 2.24) is 29.4 Å². The number of nitrogens with zero attached hydrogens (tertiary/aromatic N) is 6. The van der Waals surface area contributed by atoms with Crippen LogP contribution in [0.3, 0.4) is 0 Å². The van der Waals surface area contributed by atoms with Gasteiger partial charge in [0.15, 0.2) is 0 Å². The number of carbonyl (C=O) groups excluding carboxylic acids is 4. The lowest BCUT2D eigenvalue weighted by Gasteiger charge is -2.41. The highest BCUT2D eigenvalue weighted by molar-refractivity contribution is 6.05. The van der Waals surface area contributed by atoms with Gasteiger partial charge < -0.3 is 50.8 Å². The maximum Gasteiger partial charge on any atom is 0.254 e. The second-order valence-corrected chi connectivity index (χ2v) is 16.0. The van der Waals surface area contributed by atoms with Gasteiger partial charge in [0, 0.05) is 79.4 Å². The lowest BCUT2D eigenvalue weighted by atomic mass is 9.90. The molecule has 0 bridgehead atoms. The molecule has 2 aromatic heterocycles. The van der Waals surface area contributed by atoms with Gasteiger partial charge in [0.1, 0.15) is 57.1 Å². The van der Waals surface area contributed by atoms with E-state index in [9.17, 15) is 19.2 Å². The molecule has 4 amide bonds. The molecule has 0 radical (unpaired) electrons. The number of fused-ring (bicyclic) bond motifs is 5. The maximum atomic E-state index is 13.7. The molecular formula is C44H52N10O8. The zero-order valence-corrected chi connectivity index (χ0v) is 35.5. The number of rotatable bonds is 12. The molecule has 4 aliphatic heterocycles. The number of nitrogens with two attached hydrogens (primary N) is 2. The van der Waals surface area contributed by atoms with Gasteiger partial charge in [-0.2, -0.15) is 10.2 Å². The molecule has 6 heterocycles. The fourth-order valence-corrected chi connectivity index (χ4v) is 9.49. The van der Waals surface area contributed by atoms with Crippen molar-refractivity contribution < 1.29 is 38.1 Å². The molecule has 4 aromatic rings. The summed E-state index contributed by atoms with van der Waals surface area (Å²) in [5.41, 5.74) is 16.0. The van der Waals surface area contributed by atoms with Crippen LogP contribution < -0.4 is 41.0 Å². The number of hydrogen-bond acceptors (Lipinski definition) is 12. The Kier molecular flexibility index (Phi) is 11.3. The van der Waals surface area contributed by atoms with Crippen molar-refractivity contribution in [3.05, 3.63) is 71.3 Å². The number of amides is 4. The zero-order valence-electron chi connectivity index (χ0n) is 35.5. The lowest BCUT2D eigenvalue weighted by molar-refractivity contribution is -0.129. The smallest absolute Gasteiger partial charge is 0.254 e. The number of methoxy groups -OCH3 is 4. The van der Waals surface area contributed by atoms with E-state index in [-0.39, 0.29) is 41.3 Å². The molecule has 2 saturated heterocycles. The number of likely N-dealkylation sites (tertiary alicyclic amines) is 2. The normalized spacial score (nSPS) is 20.1. The topological polar surface area (TPSA) is 223 Å². The van der Waals surface area contributed by atoms with Crippen molar-refractivity contribution in [3.63, 3.8) is 0 Å². The van der Waals surface area contributed by atoms with Gasteiger partial charge in [-0.3, -0.25) is 19.2 Å². The highest BCUT2D eigenvalue weighted by Gasteiger charge is 2.40. The monoisotopic (exact) mass is 848 g/mol. The fraction of sp³-hybridized carbons (Fsp3) is 0.409. The first-order valence-corrected chi connectivity index (χ1v) is 20.6. The molecule has 2 aromatic carbocycles. The van der Waals surface area contributed by atoms with Gasteiger partial charge in [-0.15, -0.1) is 0 Å².